The van der Waals surface area contributed by atoms with Gasteiger partial charge in [-0.05, 0) is 63.5 Å². The van der Waals surface area contributed by atoms with Crippen molar-refractivity contribution in [3.8, 4) is 17.3 Å². The summed E-state index contributed by atoms with van der Waals surface area (Å²) >= 11 is 0. The molecule has 0 amide bonds. The van der Waals surface area contributed by atoms with Crippen molar-refractivity contribution in [2.45, 2.75) is 51.1 Å². The van der Waals surface area contributed by atoms with Gasteiger partial charge in [0.15, 0.2) is 0 Å². The Hall–Kier alpha value is -4.72. The van der Waals surface area contributed by atoms with E-state index in [0.29, 0.717) is 28.4 Å². The van der Waals surface area contributed by atoms with Crippen LogP contribution in [0.3, 0.4) is 0 Å². The normalized spacial score (nSPS) is 15.0. The zero-order valence-electron chi connectivity index (χ0n) is 22.7. The van der Waals surface area contributed by atoms with Gasteiger partial charge in [-0.2, -0.15) is 31.6 Å². The lowest BCUT2D eigenvalue weighted by Crippen LogP contribution is -2.30. The van der Waals surface area contributed by atoms with Crippen LogP contribution in [0.5, 0.6) is 0 Å². The van der Waals surface area contributed by atoms with Gasteiger partial charge in [0.05, 0.1) is 29.5 Å². The van der Waals surface area contributed by atoms with Gasteiger partial charge in [0.1, 0.15) is 28.9 Å². The van der Waals surface area contributed by atoms with Crippen molar-refractivity contribution in [3.63, 3.8) is 0 Å². The molecule has 4 aromatic rings. The van der Waals surface area contributed by atoms with Crippen molar-refractivity contribution in [1.29, 1.82) is 5.26 Å². The molecule has 1 aliphatic rings. The van der Waals surface area contributed by atoms with E-state index in [-0.39, 0.29) is 6.04 Å². The average Bonchev–Trinajstić information content (AvgIpc) is 3.56. The van der Waals surface area contributed by atoms with Crippen LogP contribution in [0.4, 0.5) is 32.2 Å². The van der Waals surface area contributed by atoms with Crippen LogP contribution in [0, 0.1) is 18.3 Å². The standard InChI is InChI=1S/C24H24F3N9.C2HF3O2/c1-14(17-7-18(12-30-11-17)24(25,26)27)32-22-9-16(8-21-31-13-20(10-28)35(21)22)23-15(2)36(34-33-23)19-3-5-29-6-4-19;3-2(4,5)1(6)7/h7-9,11-14,19,29,32H,3-6H2,1-2H3;(H,6,7). The van der Waals surface area contributed by atoms with Gasteiger partial charge in [-0.25, -0.2) is 14.5 Å². The Bertz CT molecular complexity index is 1650. The number of pyridine rings is 2. The quantitative estimate of drug-likeness (QED) is 0.269. The van der Waals surface area contributed by atoms with Crippen LogP contribution < -0.4 is 10.6 Å². The van der Waals surface area contributed by atoms with E-state index in [9.17, 15) is 31.6 Å². The number of hydrogen-bond acceptors (Lipinski definition) is 8. The Balaban J connectivity index is 0.000000541. The molecule has 1 aliphatic heterocycles. The summed E-state index contributed by atoms with van der Waals surface area (Å²) in [5.74, 6) is -2.26. The summed E-state index contributed by atoms with van der Waals surface area (Å²) in [5.41, 5.74) is 2.69. The minimum Gasteiger partial charge on any atom is -0.475 e. The molecule has 0 aliphatic carbocycles. The van der Waals surface area contributed by atoms with Crippen molar-refractivity contribution >= 4 is 17.4 Å². The first kappa shape index (κ1) is 31.2. The number of nitriles is 1. The van der Waals surface area contributed by atoms with Crippen molar-refractivity contribution < 1.29 is 36.2 Å². The monoisotopic (exact) mass is 609 g/mol. The number of nitrogens with one attached hydrogen (secondary N) is 2. The van der Waals surface area contributed by atoms with E-state index in [1.807, 2.05) is 23.7 Å². The number of carbonyl (C=O) groups is 1. The van der Waals surface area contributed by atoms with Gasteiger partial charge < -0.3 is 15.7 Å². The van der Waals surface area contributed by atoms with Crippen molar-refractivity contribution in [1.82, 2.24) is 34.7 Å². The number of carboxylic acid groups (broad SMARTS) is 1. The summed E-state index contributed by atoms with van der Waals surface area (Å²) in [6.07, 6.45) is -4.01. The molecule has 4 aromatic heterocycles. The molecule has 1 fully saturated rings. The third-order valence-electron chi connectivity index (χ3n) is 6.77. The van der Waals surface area contributed by atoms with Gasteiger partial charge >= 0.3 is 18.3 Å². The number of anilines is 1. The summed E-state index contributed by atoms with van der Waals surface area (Å²) in [4.78, 5) is 17.0. The number of fused-ring (bicyclic) bond motifs is 1. The third kappa shape index (κ3) is 7.02. The number of rotatable bonds is 5. The van der Waals surface area contributed by atoms with Gasteiger partial charge in [-0.3, -0.25) is 9.38 Å². The topological polar surface area (TPSA) is 146 Å². The van der Waals surface area contributed by atoms with Crippen LogP contribution in [0.25, 0.3) is 16.9 Å². The highest BCUT2D eigenvalue weighted by atomic mass is 19.4. The average molecular weight is 610 g/mol. The number of alkyl halides is 6. The first-order chi connectivity index (χ1) is 20.2. The second kappa shape index (κ2) is 12.3. The smallest absolute Gasteiger partial charge is 0.475 e. The van der Waals surface area contributed by atoms with Crippen LogP contribution in [-0.2, 0) is 11.0 Å². The minimum absolute atomic E-state index is 0.263. The molecule has 17 heteroatoms. The maximum Gasteiger partial charge on any atom is 0.490 e. The summed E-state index contributed by atoms with van der Waals surface area (Å²) in [6, 6.07) is 6.54. The zero-order chi connectivity index (χ0) is 31.5. The molecular weight excluding hydrogens is 584 g/mol. The summed E-state index contributed by atoms with van der Waals surface area (Å²) in [6.45, 7) is 5.55. The molecule has 1 saturated heterocycles. The van der Waals surface area contributed by atoms with Crippen LogP contribution in [0.2, 0.25) is 0 Å². The largest absolute Gasteiger partial charge is 0.490 e. The summed E-state index contributed by atoms with van der Waals surface area (Å²) in [5, 5.41) is 32.2. The molecule has 5 heterocycles. The highest BCUT2D eigenvalue weighted by molar-refractivity contribution is 5.73. The van der Waals surface area contributed by atoms with Crippen molar-refractivity contribution in [2.24, 2.45) is 0 Å². The van der Waals surface area contributed by atoms with Crippen LogP contribution in [0.1, 0.15) is 54.4 Å². The molecule has 0 radical (unpaired) electrons. The van der Waals surface area contributed by atoms with E-state index in [1.165, 1.54) is 12.4 Å². The Kier molecular flexibility index (Phi) is 8.90. The Morgan fingerprint density at radius 1 is 1.14 bits per heavy atom. The lowest BCUT2D eigenvalue weighted by Gasteiger charge is -2.23. The molecule has 0 aromatic carbocycles. The van der Waals surface area contributed by atoms with Gasteiger partial charge in [-0.1, -0.05) is 5.21 Å². The highest BCUT2D eigenvalue weighted by Gasteiger charge is 2.38. The maximum atomic E-state index is 13.2. The van der Waals surface area contributed by atoms with Crippen LogP contribution in [-0.4, -0.2) is 59.7 Å². The number of halogens is 6. The SMILES string of the molecule is Cc1c(-c2cc(NC(C)c3cncc(C(F)(F)F)c3)n3c(C#N)cnc3c2)nnn1C1CCNCC1.O=C(O)C(F)(F)F. The molecule has 228 valence electrons. The molecule has 0 spiro atoms. The number of piperidine rings is 1. The van der Waals surface area contributed by atoms with E-state index in [2.05, 4.69) is 37.0 Å². The summed E-state index contributed by atoms with van der Waals surface area (Å²) in [7, 11) is 0. The predicted octanol–water partition coefficient (Wildman–Crippen LogP) is 4.92. The van der Waals surface area contributed by atoms with E-state index in [1.54, 1.807) is 11.3 Å². The zero-order valence-corrected chi connectivity index (χ0v) is 22.7. The minimum atomic E-state index is -5.08. The number of carboxylic acids is 1. The molecule has 0 saturated carbocycles. The predicted molar refractivity (Wildman–Crippen MR) is 140 cm³/mol. The fourth-order valence-electron chi connectivity index (χ4n) is 4.60. The lowest BCUT2D eigenvalue weighted by molar-refractivity contribution is -0.192. The second-order valence-corrected chi connectivity index (χ2v) is 9.70. The van der Waals surface area contributed by atoms with E-state index in [4.69, 9.17) is 9.90 Å². The lowest BCUT2D eigenvalue weighted by atomic mass is 10.1. The maximum absolute atomic E-state index is 13.2. The van der Waals surface area contributed by atoms with Gasteiger partial charge in [0.25, 0.3) is 0 Å². The molecule has 3 N–H and O–H groups in total. The first-order valence-corrected chi connectivity index (χ1v) is 12.8. The fourth-order valence-corrected chi connectivity index (χ4v) is 4.60. The van der Waals surface area contributed by atoms with Gasteiger partial charge in [0.2, 0.25) is 0 Å². The molecule has 0 bridgehead atoms. The second-order valence-electron chi connectivity index (χ2n) is 9.70. The van der Waals surface area contributed by atoms with Crippen LogP contribution >= 0.6 is 0 Å². The summed E-state index contributed by atoms with van der Waals surface area (Å²) < 4.78 is 75.0. The van der Waals surface area contributed by atoms with Gasteiger partial charge in [0, 0.05) is 18.0 Å². The Morgan fingerprint density at radius 3 is 2.42 bits per heavy atom. The first-order valence-electron chi connectivity index (χ1n) is 12.8. The third-order valence-corrected chi connectivity index (χ3v) is 6.77. The molecule has 43 heavy (non-hydrogen) atoms. The van der Waals surface area contributed by atoms with Gasteiger partial charge in [-0.15, -0.1) is 5.10 Å². The molecular formula is C26H25F6N9O2. The Morgan fingerprint density at radius 2 is 1.81 bits per heavy atom. The molecule has 1 unspecified atom stereocenters. The highest BCUT2D eigenvalue weighted by Crippen LogP contribution is 2.33. The molecule has 11 nitrogen and oxygen atoms in total. The molecule has 1 atom stereocenters. The molecule has 5 rings (SSSR count). The number of imidazole rings is 1. The fraction of sp³-hybridized carbons (Fsp3) is 0.385. The number of aliphatic carboxylic acids is 1. The van der Waals surface area contributed by atoms with Crippen molar-refractivity contribution in [2.75, 3.05) is 18.4 Å². The number of aromatic nitrogens is 6. The number of nitrogens with zero attached hydrogens (tertiary/aromatic N) is 7. The van der Waals surface area contributed by atoms with E-state index < -0.39 is 29.9 Å². The van der Waals surface area contributed by atoms with E-state index in [0.717, 1.165) is 49.5 Å². The Labute approximate surface area is 240 Å². The number of hydrogen-bond donors (Lipinski definition) is 3. The van der Waals surface area contributed by atoms with E-state index >= 15 is 0 Å². The van der Waals surface area contributed by atoms with Crippen molar-refractivity contribution in [3.05, 3.63) is 59.3 Å². The van der Waals surface area contributed by atoms with Crippen LogP contribution in [0.15, 0.2) is 36.8 Å².